The second kappa shape index (κ2) is 6.43. The Morgan fingerprint density at radius 2 is 2.12 bits per heavy atom. The van der Waals surface area contributed by atoms with Gasteiger partial charge in [-0.15, -0.1) is 0 Å². The lowest BCUT2D eigenvalue weighted by Gasteiger charge is -2.47. The van der Waals surface area contributed by atoms with E-state index in [2.05, 4.69) is 0 Å². The number of carbonyl (C=O) groups excluding carboxylic acids is 1. The second-order valence-electron chi connectivity index (χ2n) is 7.58. The Bertz CT molecular complexity index is 905. The van der Waals surface area contributed by atoms with Gasteiger partial charge in [0.2, 0.25) is 5.91 Å². The standard InChI is InChI=1S/C20H23NO5/c22-15-4-5-16-13(10-19(24)26-17(16)11-15)9-18(23)21-8-7-20(25)6-2-1-3-14(20)12-21/h4-5,10-11,14,22,25H,1-3,6-9,12H2/t14-,20+/m0/s1. The summed E-state index contributed by atoms with van der Waals surface area (Å²) in [6.07, 6.45) is 4.67. The molecule has 4 rings (SSSR count). The molecule has 1 aromatic carbocycles. The summed E-state index contributed by atoms with van der Waals surface area (Å²) in [6.45, 7) is 1.13. The van der Waals surface area contributed by atoms with Crippen LogP contribution in [0.2, 0.25) is 0 Å². The fraction of sp³-hybridized carbons (Fsp3) is 0.500. The Labute approximate surface area is 151 Å². The van der Waals surface area contributed by atoms with Crippen LogP contribution in [-0.4, -0.2) is 39.7 Å². The van der Waals surface area contributed by atoms with Gasteiger partial charge in [-0.1, -0.05) is 12.8 Å². The monoisotopic (exact) mass is 357 g/mol. The Morgan fingerprint density at radius 1 is 1.27 bits per heavy atom. The average Bonchev–Trinajstić information content (AvgIpc) is 2.60. The van der Waals surface area contributed by atoms with Gasteiger partial charge in [0, 0.05) is 36.5 Å². The zero-order valence-electron chi connectivity index (χ0n) is 14.6. The number of hydrogen-bond donors (Lipinski definition) is 2. The molecule has 6 nitrogen and oxygen atoms in total. The minimum Gasteiger partial charge on any atom is -0.508 e. The summed E-state index contributed by atoms with van der Waals surface area (Å²) in [5.74, 6) is 0.109. The minimum absolute atomic E-state index is 0.0109. The highest BCUT2D eigenvalue weighted by molar-refractivity contribution is 5.87. The van der Waals surface area contributed by atoms with Crippen molar-refractivity contribution in [2.45, 2.75) is 44.1 Å². The Morgan fingerprint density at radius 3 is 2.96 bits per heavy atom. The molecule has 1 aliphatic heterocycles. The molecular weight excluding hydrogens is 334 g/mol. The van der Waals surface area contributed by atoms with Crippen molar-refractivity contribution in [1.29, 1.82) is 0 Å². The van der Waals surface area contributed by atoms with Gasteiger partial charge in [-0.2, -0.15) is 0 Å². The first-order chi connectivity index (χ1) is 12.4. The summed E-state index contributed by atoms with van der Waals surface area (Å²) < 4.78 is 5.12. The number of aromatic hydroxyl groups is 1. The third-order valence-corrected chi connectivity index (χ3v) is 5.94. The molecule has 1 saturated carbocycles. The summed E-state index contributed by atoms with van der Waals surface area (Å²) in [5, 5.41) is 21.0. The highest BCUT2D eigenvalue weighted by atomic mass is 16.4. The Kier molecular flexibility index (Phi) is 4.23. The van der Waals surface area contributed by atoms with Crippen molar-refractivity contribution in [2.24, 2.45) is 5.92 Å². The van der Waals surface area contributed by atoms with Crippen molar-refractivity contribution < 1.29 is 19.4 Å². The summed E-state index contributed by atoms with van der Waals surface area (Å²) in [5.41, 5.74) is -0.273. The minimum atomic E-state index is -0.618. The first kappa shape index (κ1) is 17.1. The molecular formula is C20H23NO5. The van der Waals surface area contributed by atoms with Crippen LogP contribution >= 0.6 is 0 Å². The molecule has 2 heterocycles. The third kappa shape index (κ3) is 3.09. The van der Waals surface area contributed by atoms with Crippen LogP contribution in [0.4, 0.5) is 0 Å². The van der Waals surface area contributed by atoms with Crippen LogP contribution in [0.25, 0.3) is 11.0 Å². The van der Waals surface area contributed by atoms with Gasteiger partial charge in [-0.3, -0.25) is 4.79 Å². The molecule has 6 heteroatoms. The number of aliphatic hydroxyl groups is 1. The smallest absolute Gasteiger partial charge is 0.336 e. The lowest BCUT2D eigenvalue weighted by Crippen LogP contribution is -2.54. The third-order valence-electron chi connectivity index (χ3n) is 5.94. The topological polar surface area (TPSA) is 91.0 Å². The zero-order chi connectivity index (χ0) is 18.3. The molecule has 2 aliphatic rings. The van der Waals surface area contributed by atoms with Crippen molar-refractivity contribution in [2.75, 3.05) is 13.1 Å². The van der Waals surface area contributed by atoms with Crippen molar-refractivity contribution >= 4 is 16.9 Å². The molecule has 138 valence electrons. The molecule has 1 aliphatic carbocycles. The van der Waals surface area contributed by atoms with Crippen molar-refractivity contribution in [1.82, 2.24) is 4.90 Å². The number of benzene rings is 1. The van der Waals surface area contributed by atoms with Gasteiger partial charge in [0.25, 0.3) is 0 Å². The maximum Gasteiger partial charge on any atom is 0.336 e. The Hall–Kier alpha value is -2.34. The van der Waals surface area contributed by atoms with Crippen molar-refractivity contribution in [3.8, 4) is 5.75 Å². The largest absolute Gasteiger partial charge is 0.508 e. The molecule has 1 amide bonds. The van der Waals surface area contributed by atoms with E-state index in [1.165, 1.54) is 18.2 Å². The predicted octanol–water partition coefficient (Wildman–Crippen LogP) is 2.19. The first-order valence-corrected chi connectivity index (χ1v) is 9.20. The number of likely N-dealkylation sites (tertiary alicyclic amines) is 1. The Balaban J connectivity index is 1.55. The number of phenols is 1. The summed E-state index contributed by atoms with van der Waals surface area (Å²) in [6, 6.07) is 5.90. The molecule has 2 fully saturated rings. The highest BCUT2D eigenvalue weighted by Crippen LogP contribution is 2.39. The van der Waals surface area contributed by atoms with E-state index in [9.17, 15) is 19.8 Å². The summed E-state index contributed by atoms with van der Waals surface area (Å²) in [4.78, 5) is 26.4. The number of amides is 1. The quantitative estimate of drug-likeness (QED) is 0.804. The van der Waals surface area contributed by atoms with E-state index >= 15 is 0 Å². The van der Waals surface area contributed by atoms with Gasteiger partial charge in [-0.25, -0.2) is 4.79 Å². The van der Waals surface area contributed by atoms with E-state index in [1.54, 1.807) is 6.07 Å². The molecule has 2 atom stereocenters. The van der Waals surface area contributed by atoms with E-state index < -0.39 is 11.2 Å². The van der Waals surface area contributed by atoms with Gasteiger partial charge in [0.15, 0.2) is 0 Å². The SMILES string of the molecule is O=C(Cc1cc(=O)oc2cc(O)ccc12)N1CC[C@]2(O)CCCC[C@H]2C1. The van der Waals surface area contributed by atoms with Crippen molar-refractivity contribution in [3.05, 3.63) is 40.2 Å². The van der Waals surface area contributed by atoms with Crippen LogP contribution in [-0.2, 0) is 11.2 Å². The number of nitrogens with zero attached hydrogens (tertiary/aromatic N) is 1. The summed E-state index contributed by atoms with van der Waals surface area (Å²) in [7, 11) is 0. The first-order valence-electron chi connectivity index (χ1n) is 9.20. The maximum absolute atomic E-state index is 12.8. The normalized spacial score (nSPS) is 25.9. The van der Waals surface area contributed by atoms with E-state index in [-0.39, 0.29) is 29.6 Å². The van der Waals surface area contributed by atoms with Crippen LogP contribution in [0.3, 0.4) is 0 Å². The second-order valence-corrected chi connectivity index (χ2v) is 7.58. The zero-order valence-corrected chi connectivity index (χ0v) is 14.6. The van der Waals surface area contributed by atoms with Crippen molar-refractivity contribution in [3.63, 3.8) is 0 Å². The number of hydrogen-bond acceptors (Lipinski definition) is 5. The van der Waals surface area contributed by atoms with Gasteiger partial charge in [0.1, 0.15) is 11.3 Å². The number of piperidine rings is 1. The van der Waals surface area contributed by atoms with Crippen LogP contribution < -0.4 is 5.63 Å². The molecule has 0 radical (unpaired) electrons. The van der Waals surface area contributed by atoms with E-state index in [0.717, 1.165) is 25.7 Å². The lowest BCUT2D eigenvalue weighted by molar-refractivity contribution is -0.142. The fourth-order valence-corrected chi connectivity index (χ4v) is 4.44. The predicted molar refractivity (Wildman–Crippen MR) is 96.0 cm³/mol. The van der Waals surface area contributed by atoms with Gasteiger partial charge >= 0.3 is 5.63 Å². The number of rotatable bonds is 2. The molecule has 0 bridgehead atoms. The molecule has 0 spiro atoms. The average molecular weight is 357 g/mol. The van der Waals surface area contributed by atoms with E-state index in [4.69, 9.17) is 4.42 Å². The number of fused-ring (bicyclic) bond motifs is 2. The number of carbonyl (C=O) groups is 1. The molecule has 0 unspecified atom stereocenters. The lowest BCUT2D eigenvalue weighted by atomic mass is 9.71. The molecule has 2 N–H and O–H groups in total. The maximum atomic E-state index is 12.8. The van der Waals surface area contributed by atoms with E-state index in [0.29, 0.717) is 30.5 Å². The van der Waals surface area contributed by atoms with Crippen LogP contribution in [0.15, 0.2) is 33.5 Å². The molecule has 1 aromatic heterocycles. The van der Waals surface area contributed by atoms with Gasteiger partial charge < -0.3 is 19.5 Å². The van der Waals surface area contributed by atoms with E-state index in [1.807, 2.05) is 4.90 Å². The fourth-order valence-electron chi connectivity index (χ4n) is 4.44. The summed E-state index contributed by atoms with van der Waals surface area (Å²) >= 11 is 0. The molecule has 26 heavy (non-hydrogen) atoms. The van der Waals surface area contributed by atoms with Gasteiger partial charge in [-0.05, 0) is 37.0 Å². The number of phenolic OH excluding ortho intramolecular Hbond substituents is 1. The molecule has 2 aromatic rings. The molecule has 1 saturated heterocycles. The van der Waals surface area contributed by atoms with Crippen LogP contribution in [0.1, 0.15) is 37.7 Å². The highest BCUT2D eigenvalue weighted by Gasteiger charge is 2.43. The van der Waals surface area contributed by atoms with Crippen LogP contribution in [0, 0.1) is 5.92 Å². The van der Waals surface area contributed by atoms with Gasteiger partial charge in [0.05, 0.1) is 12.0 Å². The van der Waals surface area contributed by atoms with Crippen LogP contribution in [0.5, 0.6) is 5.75 Å².